The molecule has 0 aromatic heterocycles. The Hall–Kier alpha value is -2.28. The molecule has 19 heavy (non-hydrogen) atoms. The van der Waals surface area contributed by atoms with E-state index in [4.69, 9.17) is 11.5 Å². The minimum atomic E-state index is -1.07. The van der Waals surface area contributed by atoms with Crippen LogP contribution in [0.25, 0.3) is 0 Å². The van der Waals surface area contributed by atoms with Gasteiger partial charge in [0.1, 0.15) is 0 Å². The number of hydrogen-bond acceptors (Lipinski definition) is 2. The Morgan fingerprint density at radius 1 is 1.26 bits per heavy atom. The number of benzene rings is 1. The third-order valence-electron chi connectivity index (χ3n) is 2.66. The van der Waals surface area contributed by atoms with Gasteiger partial charge in [0.15, 0.2) is 6.04 Å². The van der Waals surface area contributed by atoms with Gasteiger partial charge in [0, 0.05) is 12.8 Å². The highest BCUT2D eigenvalue weighted by Gasteiger charge is 2.21. The fraction of sp³-hybridized carbons (Fsp3) is 0.333. The van der Waals surface area contributed by atoms with Gasteiger partial charge < -0.3 is 10.4 Å². The first-order valence-electron chi connectivity index (χ1n) is 6.15. The summed E-state index contributed by atoms with van der Waals surface area (Å²) in [7, 11) is 0. The van der Waals surface area contributed by atoms with Crippen molar-refractivity contribution >= 4 is 11.9 Å². The highest BCUT2D eigenvalue weighted by Crippen LogP contribution is 2.13. The minimum absolute atomic E-state index is 0.270. The van der Waals surface area contributed by atoms with Crippen molar-refractivity contribution in [3.63, 3.8) is 0 Å². The van der Waals surface area contributed by atoms with Gasteiger partial charge in [-0.1, -0.05) is 30.3 Å². The van der Waals surface area contributed by atoms with Crippen LogP contribution < -0.4 is 5.32 Å². The number of terminal acetylenes is 1. The molecular weight excluding hydrogens is 242 g/mol. The average Bonchev–Trinajstić information content (AvgIpc) is 2.41. The number of carboxylic acid groups (broad SMARTS) is 1. The first-order chi connectivity index (χ1) is 9.15. The number of carbonyl (C=O) groups is 2. The fourth-order valence-corrected chi connectivity index (χ4v) is 1.68. The van der Waals surface area contributed by atoms with Crippen LogP contribution in [0.2, 0.25) is 0 Å². The van der Waals surface area contributed by atoms with Gasteiger partial charge in [-0.2, -0.15) is 0 Å². The molecule has 0 fully saturated rings. The van der Waals surface area contributed by atoms with Crippen LogP contribution in [-0.4, -0.2) is 17.0 Å². The highest BCUT2D eigenvalue weighted by molar-refractivity contribution is 5.84. The van der Waals surface area contributed by atoms with Gasteiger partial charge >= 0.3 is 5.97 Å². The number of carboxylic acids is 1. The van der Waals surface area contributed by atoms with Gasteiger partial charge in [-0.25, -0.2) is 4.79 Å². The topological polar surface area (TPSA) is 66.4 Å². The predicted octanol–water partition coefficient (Wildman–Crippen LogP) is 2.12. The number of aliphatic carboxylic acids is 1. The smallest absolute Gasteiger partial charge is 0.330 e. The molecule has 0 bridgehead atoms. The molecule has 0 aliphatic carbocycles. The summed E-state index contributed by atoms with van der Waals surface area (Å²) in [4.78, 5) is 22.8. The van der Waals surface area contributed by atoms with E-state index >= 15 is 0 Å². The zero-order valence-electron chi connectivity index (χ0n) is 10.6. The van der Waals surface area contributed by atoms with E-state index in [0.29, 0.717) is 18.4 Å². The van der Waals surface area contributed by atoms with E-state index < -0.39 is 12.0 Å². The average molecular weight is 259 g/mol. The molecule has 1 aromatic carbocycles. The van der Waals surface area contributed by atoms with Crippen LogP contribution >= 0.6 is 0 Å². The second kappa shape index (κ2) is 7.93. The molecule has 0 aliphatic rings. The number of nitrogens with one attached hydrogen (secondary N) is 1. The van der Waals surface area contributed by atoms with Crippen molar-refractivity contribution in [3.05, 3.63) is 35.9 Å². The van der Waals surface area contributed by atoms with Crippen molar-refractivity contribution in [2.75, 3.05) is 0 Å². The molecule has 1 atom stereocenters. The second-order valence-electron chi connectivity index (χ2n) is 4.16. The van der Waals surface area contributed by atoms with E-state index in [2.05, 4.69) is 11.2 Å². The summed E-state index contributed by atoms with van der Waals surface area (Å²) in [6.07, 6.45) is 7.47. The van der Waals surface area contributed by atoms with Crippen molar-refractivity contribution in [1.82, 2.24) is 5.32 Å². The van der Waals surface area contributed by atoms with E-state index in [1.807, 2.05) is 0 Å². The third kappa shape index (κ3) is 5.26. The number of unbranched alkanes of at least 4 members (excludes halogenated alkanes) is 2. The molecule has 1 unspecified atom stereocenters. The molecule has 0 saturated carbocycles. The molecule has 2 N–H and O–H groups in total. The van der Waals surface area contributed by atoms with Crippen molar-refractivity contribution in [1.29, 1.82) is 0 Å². The lowest BCUT2D eigenvalue weighted by molar-refractivity contribution is -0.142. The maximum atomic E-state index is 11.7. The van der Waals surface area contributed by atoms with E-state index in [0.717, 1.165) is 6.42 Å². The molecule has 0 spiro atoms. The third-order valence-corrected chi connectivity index (χ3v) is 2.66. The monoisotopic (exact) mass is 259 g/mol. The molecule has 1 rings (SSSR count). The van der Waals surface area contributed by atoms with Crippen LogP contribution in [0.1, 0.15) is 37.3 Å². The summed E-state index contributed by atoms with van der Waals surface area (Å²) < 4.78 is 0. The predicted molar refractivity (Wildman–Crippen MR) is 72.3 cm³/mol. The first kappa shape index (κ1) is 14.8. The van der Waals surface area contributed by atoms with Crippen LogP contribution in [0.15, 0.2) is 30.3 Å². The van der Waals surface area contributed by atoms with Crippen LogP contribution in [0.4, 0.5) is 0 Å². The van der Waals surface area contributed by atoms with Crippen molar-refractivity contribution in [2.24, 2.45) is 0 Å². The SMILES string of the molecule is C#CCCCCC(=O)NC(C(=O)O)c1ccccc1. The molecule has 4 heteroatoms. The second-order valence-corrected chi connectivity index (χ2v) is 4.16. The van der Waals surface area contributed by atoms with Gasteiger partial charge in [-0.15, -0.1) is 12.3 Å². The summed E-state index contributed by atoms with van der Waals surface area (Å²) >= 11 is 0. The van der Waals surface area contributed by atoms with Crippen LogP contribution in [-0.2, 0) is 9.59 Å². The zero-order valence-corrected chi connectivity index (χ0v) is 10.6. The Kier molecular flexibility index (Phi) is 6.17. The largest absolute Gasteiger partial charge is 0.479 e. The van der Waals surface area contributed by atoms with E-state index in [1.165, 1.54) is 0 Å². The normalized spacial score (nSPS) is 11.3. The lowest BCUT2D eigenvalue weighted by Crippen LogP contribution is -2.33. The van der Waals surface area contributed by atoms with Crippen molar-refractivity contribution < 1.29 is 14.7 Å². The lowest BCUT2D eigenvalue weighted by Gasteiger charge is -2.14. The molecule has 0 aliphatic heterocycles. The molecule has 100 valence electrons. The maximum Gasteiger partial charge on any atom is 0.330 e. The number of amides is 1. The summed E-state index contributed by atoms with van der Waals surface area (Å²) in [6, 6.07) is 7.63. The van der Waals surface area contributed by atoms with E-state index in [-0.39, 0.29) is 12.3 Å². The molecular formula is C15H17NO3. The van der Waals surface area contributed by atoms with E-state index in [1.54, 1.807) is 30.3 Å². The number of rotatable bonds is 7. The minimum Gasteiger partial charge on any atom is -0.479 e. The molecule has 0 heterocycles. The number of carbonyl (C=O) groups excluding carboxylic acids is 1. The van der Waals surface area contributed by atoms with Gasteiger partial charge in [0.05, 0.1) is 0 Å². The summed E-state index contributed by atoms with van der Waals surface area (Å²) in [5.74, 6) is 1.16. The summed E-state index contributed by atoms with van der Waals surface area (Å²) in [6.45, 7) is 0. The molecule has 0 saturated heterocycles. The highest BCUT2D eigenvalue weighted by atomic mass is 16.4. The standard InChI is InChI=1S/C15H17NO3/c1-2-3-4-8-11-13(17)16-14(15(18)19)12-9-6-5-7-10-12/h1,5-7,9-10,14H,3-4,8,11H2,(H,16,17)(H,18,19). The Labute approximate surface area is 112 Å². The maximum absolute atomic E-state index is 11.7. The molecule has 1 amide bonds. The Balaban J connectivity index is 2.53. The van der Waals surface area contributed by atoms with Crippen molar-refractivity contribution in [3.8, 4) is 12.3 Å². The number of hydrogen-bond donors (Lipinski definition) is 2. The van der Waals surface area contributed by atoms with Gasteiger partial charge in [-0.05, 0) is 18.4 Å². The fourth-order valence-electron chi connectivity index (χ4n) is 1.68. The molecule has 0 radical (unpaired) electrons. The van der Waals surface area contributed by atoms with Crippen molar-refractivity contribution in [2.45, 2.75) is 31.7 Å². The Bertz CT molecular complexity index is 462. The Morgan fingerprint density at radius 2 is 1.95 bits per heavy atom. The van der Waals surface area contributed by atoms with Crippen LogP contribution in [0, 0.1) is 12.3 Å². The van der Waals surface area contributed by atoms with Crippen LogP contribution in [0.3, 0.4) is 0 Å². The Morgan fingerprint density at radius 3 is 2.53 bits per heavy atom. The summed E-state index contributed by atoms with van der Waals surface area (Å²) in [5, 5.41) is 11.7. The van der Waals surface area contributed by atoms with Gasteiger partial charge in [0.25, 0.3) is 0 Å². The summed E-state index contributed by atoms with van der Waals surface area (Å²) in [5.41, 5.74) is 0.562. The quantitative estimate of drug-likeness (QED) is 0.582. The van der Waals surface area contributed by atoms with E-state index in [9.17, 15) is 9.59 Å². The van der Waals surface area contributed by atoms with Gasteiger partial charge in [-0.3, -0.25) is 4.79 Å². The molecule has 4 nitrogen and oxygen atoms in total. The zero-order chi connectivity index (χ0) is 14.1. The first-order valence-corrected chi connectivity index (χ1v) is 6.15. The van der Waals surface area contributed by atoms with Crippen LogP contribution in [0.5, 0.6) is 0 Å². The van der Waals surface area contributed by atoms with Gasteiger partial charge in [0.2, 0.25) is 5.91 Å². The molecule has 1 aromatic rings. The lowest BCUT2D eigenvalue weighted by atomic mass is 10.1.